The number of nitrogen functional groups attached to an aromatic ring is 1. The first-order chi connectivity index (χ1) is 13.6. The van der Waals surface area contributed by atoms with Crippen molar-refractivity contribution < 1.29 is 5.11 Å². The summed E-state index contributed by atoms with van der Waals surface area (Å²) in [5.41, 5.74) is 9.30. The van der Waals surface area contributed by atoms with E-state index >= 15 is 0 Å². The fourth-order valence-corrected chi connectivity index (χ4v) is 4.22. The molecular weight excluding hydrogens is 354 g/mol. The molecule has 3 atom stereocenters. The van der Waals surface area contributed by atoms with E-state index < -0.39 is 6.10 Å². The summed E-state index contributed by atoms with van der Waals surface area (Å²) in [7, 11) is 0. The van der Waals surface area contributed by atoms with Crippen LogP contribution >= 0.6 is 0 Å². The van der Waals surface area contributed by atoms with Crippen LogP contribution in [0.25, 0.3) is 11.0 Å². The standard InChI is InChI=1S/C21H27N5O2/c1-2-14(9-8-13-5-4-11-23-20(13)22)24-17-10-12-26-18-15(19(17)27)6-3-7-16(18)25-21(26)28/h3-7,11,14,17,19,24,27H,2,8-10,12H2,1H3,(H2,22,23)(H,25,28)/t14?,17-,19-/m1/s1. The van der Waals surface area contributed by atoms with E-state index in [1.807, 2.05) is 30.3 Å². The van der Waals surface area contributed by atoms with E-state index in [-0.39, 0.29) is 17.8 Å². The number of hydrogen-bond donors (Lipinski definition) is 4. The molecule has 148 valence electrons. The van der Waals surface area contributed by atoms with Crippen molar-refractivity contribution in [2.75, 3.05) is 5.73 Å². The maximum atomic E-state index is 12.3. The van der Waals surface area contributed by atoms with Crippen molar-refractivity contribution in [1.82, 2.24) is 19.9 Å². The van der Waals surface area contributed by atoms with Crippen LogP contribution in [0.3, 0.4) is 0 Å². The van der Waals surface area contributed by atoms with Crippen LogP contribution in [0.2, 0.25) is 0 Å². The van der Waals surface area contributed by atoms with Crippen molar-refractivity contribution >= 4 is 16.9 Å². The number of benzene rings is 1. The molecule has 4 rings (SSSR count). The van der Waals surface area contributed by atoms with E-state index in [1.54, 1.807) is 10.8 Å². The number of aryl methyl sites for hydroxylation is 2. The number of nitrogens with zero attached hydrogens (tertiary/aromatic N) is 2. The van der Waals surface area contributed by atoms with Gasteiger partial charge in [-0.3, -0.25) is 4.57 Å². The van der Waals surface area contributed by atoms with Gasteiger partial charge < -0.3 is 21.1 Å². The van der Waals surface area contributed by atoms with E-state index in [0.717, 1.165) is 41.4 Å². The number of para-hydroxylation sites is 1. The van der Waals surface area contributed by atoms with E-state index in [2.05, 4.69) is 22.2 Å². The summed E-state index contributed by atoms with van der Waals surface area (Å²) in [5, 5.41) is 14.7. The average molecular weight is 381 g/mol. The quantitative estimate of drug-likeness (QED) is 0.523. The number of hydrogen-bond acceptors (Lipinski definition) is 5. The number of pyridine rings is 1. The second kappa shape index (κ2) is 7.77. The van der Waals surface area contributed by atoms with Gasteiger partial charge in [-0.2, -0.15) is 0 Å². The molecule has 28 heavy (non-hydrogen) atoms. The lowest BCUT2D eigenvalue weighted by molar-refractivity contribution is 0.117. The third-order valence-corrected chi connectivity index (χ3v) is 5.82. The Bertz CT molecular complexity index is 1030. The molecule has 1 aromatic carbocycles. The molecule has 1 aliphatic rings. The average Bonchev–Trinajstić information content (AvgIpc) is 2.95. The lowest BCUT2D eigenvalue weighted by Crippen LogP contribution is -2.42. The first-order valence-electron chi connectivity index (χ1n) is 9.93. The van der Waals surface area contributed by atoms with Crippen LogP contribution in [0.4, 0.5) is 5.82 Å². The first kappa shape index (κ1) is 18.7. The molecule has 0 saturated heterocycles. The Hall–Kier alpha value is -2.64. The highest BCUT2D eigenvalue weighted by atomic mass is 16.3. The molecule has 0 amide bonds. The predicted octanol–water partition coefficient (Wildman–Crippen LogP) is 2.11. The van der Waals surface area contributed by atoms with Gasteiger partial charge in [0.1, 0.15) is 5.82 Å². The lowest BCUT2D eigenvalue weighted by Gasteiger charge is -2.28. The minimum Gasteiger partial charge on any atom is -0.387 e. The number of nitrogens with one attached hydrogen (secondary N) is 2. The van der Waals surface area contributed by atoms with Crippen LogP contribution in [0.15, 0.2) is 41.3 Å². The number of rotatable bonds is 6. The van der Waals surface area contributed by atoms with Gasteiger partial charge in [0.25, 0.3) is 0 Å². The molecule has 0 saturated carbocycles. The van der Waals surface area contributed by atoms with Gasteiger partial charge in [-0.15, -0.1) is 0 Å². The maximum Gasteiger partial charge on any atom is 0.326 e. The Morgan fingerprint density at radius 2 is 2.25 bits per heavy atom. The number of aromatic nitrogens is 3. The van der Waals surface area contributed by atoms with Crippen LogP contribution < -0.4 is 16.7 Å². The minimum absolute atomic E-state index is 0.110. The van der Waals surface area contributed by atoms with Gasteiger partial charge >= 0.3 is 5.69 Å². The molecule has 0 fully saturated rings. The van der Waals surface area contributed by atoms with Crippen molar-refractivity contribution in [2.45, 2.75) is 57.3 Å². The molecule has 0 bridgehead atoms. The van der Waals surface area contributed by atoms with E-state index in [9.17, 15) is 9.90 Å². The third kappa shape index (κ3) is 3.43. The molecule has 7 heteroatoms. The van der Waals surface area contributed by atoms with E-state index in [1.165, 1.54) is 0 Å². The topological polar surface area (TPSA) is 109 Å². The largest absolute Gasteiger partial charge is 0.387 e. The molecule has 3 aromatic rings. The first-order valence-corrected chi connectivity index (χ1v) is 9.93. The number of aliphatic hydroxyl groups is 1. The van der Waals surface area contributed by atoms with E-state index in [4.69, 9.17) is 5.73 Å². The molecule has 2 aromatic heterocycles. The van der Waals surface area contributed by atoms with Crippen LogP contribution in [0.5, 0.6) is 0 Å². The molecule has 1 aliphatic heterocycles. The van der Waals surface area contributed by atoms with E-state index in [0.29, 0.717) is 18.8 Å². The van der Waals surface area contributed by atoms with Gasteiger partial charge in [-0.25, -0.2) is 9.78 Å². The van der Waals surface area contributed by atoms with Gasteiger partial charge in [0, 0.05) is 30.4 Å². The monoisotopic (exact) mass is 381 g/mol. The summed E-state index contributed by atoms with van der Waals surface area (Å²) < 4.78 is 1.74. The maximum absolute atomic E-state index is 12.3. The zero-order valence-corrected chi connectivity index (χ0v) is 16.1. The van der Waals surface area contributed by atoms with Gasteiger partial charge in [0.05, 0.1) is 17.1 Å². The van der Waals surface area contributed by atoms with Crippen molar-refractivity contribution in [3.63, 3.8) is 0 Å². The molecular formula is C21H27N5O2. The second-order valence-corrected chi connectivity index (χ2v) is 7.52. The Kier molecular flexibility index (Phi) is 5.19. The molecule has 1 unspecified atom stereocenters. The summed E-state index contributed by atoms with van der Waals surface area (Å²) in [6.45, 7) is 2.72. The molecule has 7 nitrogen and oxygen atoms in total. The van der Waals surface area contributed by atoms with Crippen molar-refractivity contribution in [3.05, 3.63) is 58.1 Å². The molecule has 0 spiro atoms. The van der Waals surface area contributed by atoms with Crippen LogP contribution in [-0.2, 0) is 13.0 Å². The molecule has 0 radical (unpaired) electrons. The highest BCUT2D eigenvalue weighted by Crippen LogP contribution is 2.30. The minimum atomic E-state index is -0.662. The Morgan fingerprint density at radius 1 is 1.39 bits per heavy atom. The van der Waals surface area contributed by atoms with Crippen LogP contribution in [0, 0.1) is 0 Å². The normalized spacial score (nSPS) is 20.2. The lowest BCUT2D eigenvalue weighted by atomic mass is 9.97. The van der Waals surface area contributed by atoms with Gasteiger partial charge in [-0.1, -0.05) is 25.1 Å². The highest BCUT2D eigenvalue weighted by Gasteiger charge is 2.29. The summed E-state index contributed by atoms with van der Waals surface area (Å²) in [6, 6.07) is 9.72. The highest BCUT2D eigenvalue weighted by molar-refractivity contribution is 5.79. The second-order valence-electron chi connectivity index (χ2n) is 7.52. The smallest absolute Gasteiger partial charge is 0.326 e. The zero-order valence-electron chi connectivity index (χ0n) is 16.1. The fourth-order valence-electron chi connectivity index (χ4n) is 4.22. The number of imidazole rings is 1. The van der Waals surface area contributed by atoms with Crippen LogP contribution in [0.1, 0.15) is 43.4 Å². The third-order valence-electron chi connectivity index (χ3n) is 5.82. The molecule has 5 N–H and O–H groups in total. The molecule has 0 aliphatic carbocycles. The number of aliphatic hydroxyl groups excluding tert-OH is 1. The van der Waals surface area contributed by atoms with Gasteiger partial charge in [0.2, 0.25) is 0 Å². The van der Waals surface area contributed by atoms with Gasteiger partial charge in [-0.05, 0) is 43.4 Å². The number of anilines is 1. The van der Waals surface area contributed by atoms with Crippen molar-refractivity contribution in [3.8, 4) is 0 Å². The predicted molar refractivity (Wildman–Crippen MR) is 110 cm³/mol. The zero-order chi connectivity index (χ0) is 19.7. The SMILES string of the molecule is CCC(CCc1cccnc1N)N[C@@H]1CCn2c(=O)[nH]c3cccc(c32)[C@H]1O. The number of H-pyrrole nitrogens is 1. The summed E-state index contributed by atoms with van der Waals surface area (Å²) in [5.74, 6) is 0.581. The Morgan fingerprint density at radius 3 is 3.04 bits per heavy atom. The number of aromatic amines is 1. The van der Waals surface area contributed by atoms with Gasteiger partial charge in [0.15, 0.2) is 0 Å². The van der Waals surface area contributed by atoms with Crippen LogP contribution in [-0.4, -0.2) is 31.7 Å². The summed E-state index contributed by atoms with van der Waals surface area (Å²) in [6.07, 6.45) is 4.42. The summed E-state index contributed by atoms with van der Waals surface area (Å²) in [4.78, 5) is 19.3. The summed E-state index contributed by atoms with van der Waals surface area (Å²) >= 11 is 0. The van der Waals surface area contributed by atoms with Crippen molar-refractivity contribution in [1.29, 1.82) is 0 Å². The Balaban J connectivity index is 1.51. The van der Waals surface area contributed by atoms with Crippen molar-refractivity contribution in [2.24, 2.45) is 0 Å². The fraction of sp³-hybridized carbons (Fsp3) is 0.429. The number of nitrogens with two attached hydrogens (primary N) is 1. The molecule has 3 heterocycles. The Labute approximate surface area is 163 Å².